The van der Waals surface area contributed by atoms with Crippen molar-refractivity contribution in [3.05, 3.63) is 52.7 Å². The van der Waals surface area contributed by atoms with E-state index in [1.807, 2.05) is 0 Å². The third-order valence-corrected chi connectivity index (χ3v) is 4.07. The highest BCUT2D eigenvalue weighted by Gasteiger charge is 2.19. The van der Waals surface area contributed by atoms with Crippen LogP contribution in [0.3, 0.4) is 0 Å². The Hall–Kier alpha value is -1.81. The minimum atomic E-state index is -0.208. The van der Waals surface area contributed by atoms with Gasteiger partial charge in [0.05, 0.1) is 23.3 Å². The van der Waals surface area contributed by atoms with Crippen LogP contribution >= 0.6 is 35.6 Å². The first-order chi connectivity index (χ1) is 12.8. The number of hydrogen-bond acceptors (Lipinski definition) is 4. The molecule has 0 spiro atoms. The molecular formula is C19H27ClIN5O2. The number of guanidine groups is 1. The summed E-state index contributed by atoms with van der Waals surface area (Å²) in [6.07, 6.45) is 1.75. The predicted molar refractivity (Wildman–Crippen MR) is 123 cm³/mol. The summed E-state index contributed by atoms with van der Waals surface area (Å²) in [6, 6.07) is 6.94. The predicted octanol–water partition coefficient (Wildman–Crippen LogP) is 3.34. The van der Waals surface area contributed by atoms with Gasteiger partial charge < -0.3 is 20.4 Å². The fourth-order valence-corrected chi connectivity index (χ4v) is 2.44. The lowest BCUT2D eigenvalue weighted by Gasteiger charge is -2.13. The van der Waals surface area contributed by atoms with Crippen LogP contribution in [0, 0.1) is 0 Å². The molecule has 1 aromatic carbocycles. The van der Waals surface area contributed by atoms with E-state index in [0.717, 1.165) is 5.76 Å². The van der Waals surface area contributed by atoms with E-state index in [2.05, 4.69) is 46.7 Å². The number of halogens is 2. The number of benzene rings is 1. The molecule has 154 valence electrons. The number of aliphatic imine (C=N–C) groups is 1. The third-order valence-electron chi connectivity index (χ3n) is 3.74. The summed E-state index contributed by atoms with van der Waals surface area (Å²) >= 11 is 6.01. The Balaban J connectivity index is 0.00000392. The zero-order valence-electron chi connectivity index (χ0n) is 16.5. The Morgan fingerprint density at radius 1 is 1.18 bits per heavy atom. The van der Waals surface area contributed by atoms with Gasteiger partial charge in [-0.3, -0.25) is 9.79 Å². The highest BCUT2D eigenvalue weighted by Crippen LogP contribution is 2.22. The number of amides is 1. The third kappa shape index (κ3) is 7.31. The molecule has 1 heterocycles. The normalized spacial score (nSPS) is 11.5. The largest absolute Gasteiger partial charge is 0.443 e. The van der Waals surface area contributed by atoms with Crippen molar-refractivity contribution < 1.29 is 9.21 Å². The fraction of sp³-hybridized carbons (Fsp3) is 0.421. The van der Waals surface area contributed by atoms with Crippen molar-refractivity contribution in [2.75, 3.05) is 20.1 Å². The van der Waals surface area contributed by atoms with E-state index >= 15 is 0 Å². The van der Waals surface area contributed by atoms with E-state index in [9.17, 15) is 4.79 Å². The highest BCUT2D eigenvalue weighted by molar-refractivity contribution is 14.0. The molecule has 2 rings (SSSR count). The van der Waals surface area contributed by atoms with Crippen LogP contribution in [-0.2, 0) is 12.0 Å². The number of nitrogens with zero attached hydrogens (tertiary/aromatic N) is 2. The van der Waals surface area contributed by atoms with Crippen molar-refractivity contribution in [3.8, 4) is 0 Å². The molecule has 0 atom stereocenters. The summed E-state index contributed by atoms with van der Waals surface area (Å²) in [5.41, 5.74) is 0.380. The van der Waals surface area contributed by atoms with Crippen LogP contribution in [0.4, 0.5) is 0 Å². The van der Waals surface area contributed by atoms with E-state index in [1.165, 1.54) is 0 Å². The van der Waals surface area contributed by atoms with Crippen LogP contribution in [-0.4, -0.2) is 37.0 Å². The van der Waals surface area contributed by atoms with E-state index in [0.29, 0.717) is 42.1 Å². The van der Waals surface area contributed by atoms with E-state index in [1.54, 1.807) is 37.5 Å². The number of oxazole rings is 1. The summed E-state index contributed by atoms with van der Waals surface area (Å²) in [6.45, 7) is 7.57. The van der Waals surface area contributed by atoms with Gasteiger partial charge in [-0.25, -0.2) is 4.98 Å². The number of carbonyl (C=O) groups is 1. The summed E-state index contributed by atoms with van der Waals surface area (Å²) in [4.78, 5) is 20.5. The van der Waals surface area contributed by atoms with Crippen LogP contribution in [0.5, 0.6) is 0 Å². The highest BCUT2D eigenvalue weighted by atomic mass is 127. The van der Waals surface area contributed by atoms with Gasteiger partial charge in [0.25, 0.3) is 5.91 Å². The molecule has 0 unspecified atom stereocenters. The number of rotatable bonds is 6. The minimum Gasteiger partial charge on any atom is -0.443 e. The second kappa shape index (κ2) is 11.3. The fourth-order valence-electron chi connectivity index (χ4n) is 2.22. The zero-order valence-corrected chi connectivity index (χ0v) is 19.6. The van der Waals surface area contributed by atoms with Gasteiger partial charge in [-0.1, -0.05) is 44.5 Å². The average Bonchev–Trinajstić information content (AvgIpc) is 3.11. The quantitative estimate of drug-likeness (QED) is 0.236. The summed E-state index contributed by atoms with van der Waals surface area (Å²) < 4.78 is 5.73. The van der Waals surface area contributed by atoms with Crippen molar-refractivity contribution >= 4 is 47.4 Å². The van der Waals surface area contributed by atoms with Gasteiger partial charge in [0.15, 0.2) is 5.96 Å². The van der Waals surface area contributed by atoms with Crippen LogP contribution in [0.25, 0.3) is 0 Å². The second-order valence-corrected chi connectivity index (χ2v) is 7.36. The first kappa shape index (κ1) is 24.2. The van der Waals surface area contributed by atoms with Gasteiger partial charge in [-0.15, -0.1) is 24.0 Å². The SMILES string of the molecule is CN=C(NCCNC(=O)c1ccccc1Cl)NCc1ncc(C(C)(C)C)o1.I. The molecule has 3 N–H and O–H groups in total. The lowest BCUT2D eigenvalue weighted by Crippen LogP contribution is -2.41. The molecule has 0 aliphatic carbocycles. The summed E-state index contributed by atoms with van der Waals surface area (Å²) in [5, 5.41) is 9.49. The molecule has 1 amide bonds. The number of hydrogen-bond donors (Lipinski definition) is 3. The second-order valence-electron chi connectivity index (χ2n) is 6.96. The van der Waals surface area contributed by atoms with Crippen LogP contribution in [0.15, 0.2) is 39.9 Å². The lowest BCUT2D eigenvalue weighted by atomic mass is 9.94. The maximum Gasteiger partial charge on any atom is 0.252 e. The van der Waals surface area contributed by atoms with E-state index in [-0.39, 0.29) is 35.3 Å². The van der Waals surface area contributed by atoms with E-state index < -0.39 is 0 Å². The van der Waals surface area contributed by atoms with Crippen LogP contribution in [0.1, 0.15) is 42.8 Å². The van der Waals surface area contributed by atoms with Crippen LogP contribution in [0.2, 0.25) is 5.02 Å². The Labute approximate surface area is 187 Å². The number of aromatic nitrogens is 1. The molecule has 0 radical (unpaired) electrons. The molecule has 28 heavy (non-hydrogen) atoms. The van der Waals surface area contributed by atoms with Gasteiger partial charge >= 0.3 is 0 Å². The lowest BCUT2D eigenvalue weighted by molar-refractivity contribution is 0.0954. The molecule has 1 aromatic heterocycles. The number of nitrogens with one attached hydrogen (secondary N) is 3. The molecule has 0 aliphatic rings. The molecular weight excluding hydrogens is 493 g/mol. The topological polar surface area (TPSA) is 91.5 Å². The van der Waals surface area contributed by atoms with Crippen molar-refractivity contribution in [1.29, 1.82) is 0 Å². The summed E-state index contributed by atoms with van der Waals surface area (Å²) in [5.74, 6) is 1.82. The molecule has 2 aromatic rings. The van der Waals surface area contributed by atoms with Gasteiger partial charge in [-0.05, 0) is 12.1 Å². The minimum absolute atomic E-state index is 0. The molecule has 0 saturated heterocycles. The molecule has 0 bridgehead atoms. The Bertz CT molecular complexity index is 802. The first-order valence-electron chi connectivity index (χ1n) is 8.73. The Morgan fingerprint density at radius 2 is 1.86 bits per heavy atom. The van der Waals surface area contributed by atoms with E-state index in [4.69, 9.17) is 16.0 Å². The van der Waals surface area contributed by atoms with Crippen molar-refractivity contribution in [2.45, 2.75) is 32.7 Å². The van der Waals surface area contributed by atoms with Crippen molar-refractivity contribution in [1.82, 2.24) is 20.9 Å². The standard InChI is InChI=1S/C19H26ClN5O2.HI/c1-19(2,3)15-11-24-16(27-15)12-25-18(21-4)23-10-9-22-17(26)13-7-5-6-8-14(13)20;/h5-8,11H,9-10,12H2,1-4H3,(H,22,26)(H2,21,23,25);1H. The molecule has 0 fully saturated rings. The zero-order chi connectivity index (χ0) is 19.9. The monoisotopic (exact) mass is 519 g/mol. The van der Waals surface area contributed by atoms with Gasteiger partial charge in [-0.2, -0.15) is 0 Å². The maximum atomic E-state index is 12.1. The molecule has 0 aliphatic heterocycles. The van der Waals surface area contributed by atoms with Crippen molar-refractivity contribution in [3.63, 3.8) is 0 Å². The van der Waals surface area contributed by atoms with Crippen LogP contribution < -0.4 is 16.0 Å². The maximum absolute atomic E-state index is 12.1. The summed E-state index contributed by atoms with van der Waals surface area (Å²) in [7, 11) is 1.67. The Morgan fingerprint density at radius 3 is 2.46 bits per heavy atom. The Kier molecular flexibility index (Phi) is 9.74. The van der Waals surface area contributed by atoms with Gasteiger partial charge in [0, 0.05) is 25.6 Å². The molecule has 7 nitrogen and oxygen atoms in total. The van der Waals surface area contributed by atoms with Gasteiger partial charge in [0.1, 0.15) is 5.76 Å². The van der Waals surface area contributed by atoms with Gasteiger partial charge in [0.2, 0.25) is 5.89 Å². The smallest absolute Gasteiger partial charge is 0.252 e. The van der Waals surface area contributed by atoms with Crippen molar-refractivity contribution in [2.24, 2.45) is 4.99 Å². The average molecular weight is 520 g/mol. The number of carbonyl (C=O) groups excluding carboxylic acids is 1. The molecule has 9 heteroatoms. The first-order valence-corrected chi connectivity index (χ1v) is 9.11. The molecule has 0 saturated carbocycles.